The van der Waals surface area contributed by atoms with Crippen molar-refractivity contribution in [1.29, 1.82) is 0 Å². The van der Waals surface area contributed by atoms with Crippen LogP contribution in [0.5, 0.6) is 0 Å². The van der Waals surface area contributed by atoms with E-state index in [-0.39, 0.29) is 5.82 Å². The highest BCUT2D eigenvalue weighted by atomic mass is 32.2. The van der Waals surface area contributed by atoms with E-state index in [0.29, 0.717) is 19.5 Å². The van der Waals surface area contributed by atoms with Crippen LogP contribution in [0.1, 0.15) is 17.5 Å². The van der Waals surface area contributed by atoms with Gasteiger partial charge in [-0.2, -0.15) is 9.40 Å². The van der Waals surface area contributed by atoms with Crippen molar-refractivity contribution in [1.82, 2.24) is 14.1 Å². The quantitative estimate of drug-likeness (QED) is 0.693. The van der Waals surface area contributed by atoms with Crippen molar-refractivity contribution in [2.75, 3.05) is 19.3 Å². The second-order valence-electron chi connectivity index (χ2n) is 6.86. The molecule has 0 saturated heterocycles. The summed E-state index contributed by atoms with van der Waals surface area (Å²) in [6.07, 6.45) is 5.72. The molecule has 0 aliphatic carbocycles. The predicted molar refractivity (Wildman–Crippen MR) is 105 cm³/mol. The normalized spacial score (nSPS) is 15.9. The molecule has 1 aromatic heterocycles. The lowest BCUT2D eigenvalue weighted by atomic mass is 9.95. The molecule has 1 aliphatic heterocycles. The summed E-state index contributed by atoms with van der Waals surface area (Å²) in [6, 6.07) is 10.4. The fourth-order valence-electron chi connectivity index (χ4n) is 3.51. The number of aromatic nitrogens is 2. The number of fused-ring (bicyclic) bond motifs is 1. The Labute approximate surface area is 157 Å². The molecule has 0 fully saturated rings. The van der Waals surface area contributed by atoms with Gasteiger partial charge < -0.3 is 0 Å². The molecule has 140 valence electrons. The molecule has 27 heavy (non-hydrogen) atoms. The molecule has 0 bridgehead atoms. The van der Waals surface area contributed by atoms with E-state index in [2.05, 4.69) is 17.2 Å². The van der Waals surface area contributed by atoms with Gasteiger partial charge in [0.2, 0.25) is 10.0 Å². The van der Waals surface area contributed by atoms with Crippen molar-refractivity contribution >= 4 is 26.5 Å². The van der Waals surface area contributed by atoms with Gasteiger partial charge in [-0.05, 0) is 66.4 Å². The molecule has 5 nitrogen and oxygen atoms in total. The SMILES string of the molecule is Cc1cc2c(cnn2-c2ccc(F)cc2)cc1C1=CCN(S(C)(=O)=O)CC1. The van der Waals surface area contributed by atoms with Gasteiger partial charge in [-0.15, -0.1) is 0 Å². The van der Waals surface area contributed by atoms with Gasteiger partial charge in [0.05, 0.1) is 23.7 Å². The molecule has 0 saturated carbocycles. The molecule has 0 atom stereocenters. The standard InChI is InChI=1S/C20H20FN3O2S/c1-14-11-20-16(13-22-24(20)18-5-3-17(21)4-6-18)12-19(14)15-7-9-23(10-8-15)27(2,25)26/h3-7,11-13H,8-10H2,1-2H3. The minimum atomic E-state index is -3.16. The van der Waals surface area contributed by atoms with Crippen LogP contribution in [0.2, 0.25) is 0 Å². The lowest BCUT2D eigenvalue weighted by Crippen LogP contribution is -2.33. The Morgan fingerprint density at radius 1 is 1.15 bits per heavy atom. The largest absolute Gasteiger partial charge is 0.233 e. The Morgan fingerprint density at radius 3 is 2.52 bits per heavy atom. The lowest BCUT2D eigenvalue weighted by molar-refractivity contribution is 0.446. The summed E-state index contributed by atoms with van der Waals surface area (Å²) in [5, 5.41) is 5.45. The van der Waals surface area contributed by atoms with Gasteiger partial charge in [0.1, 0.15) is 5.82 Å². The van der Waals surface area contributed by atoms with Gasteiger partial charge in [0.15, 0.2) is 0 Å². The van der Waals surface area contributed by atoms with E-state index in [4.69, 9.17) is 0 Å². The first-order valence-corrected chi connectivity index (χ1v) is 10.6. The first kappa shape index (κ1) is 17.9. The average molecular weight is 385 g/mol. The summed E-state index contributed by atoms with van der Waals surface area (Å²) in [6.45, 7) is 2.94. The second-order valence-corrected chi connectivity index (χ2v) is 8.84. The van der Waals surface area contributed by atoms with Crippen LogP contribution in [-0.2, 0) is 10.0 Å². The fourth-order valence-corrected chi connectivity index (χ4v) is 4.28. The van der Waals surface area contributed by atoms with Gasteiger partial charge in [-0.1, -0.05) is 6.08 Å². The second kappa shape index (κ2) is 6.58. The molecular formula is C20H20FN3O2S. The van der Waals surface area contributed by atoms with Crippen LogP contribution < -0.4 is 0 Å². The molecule has 0 radical (unpaired) electrons. The Kier molecular flexibility index (Phi) is 4.36. The molecule has 0 amide bonds. The smallest absolute Gasteiger partial charge is 0.211 e. The van der Waals surface area contributed by atoms with Gasteiger partial charge in [-0.25, -0.2) is 17.5 Å². The highest BCUT2D eigenvalue weighted by Gasteiger charge is 2.21. The summed E-state index contributed by atoms with van der Waals surface area (Å²) in [5.41, 5.74) is 5.14. The summed E-state index contributed by atoms with van der Waals surface area (Å²) >= 11 is 0. The van der Waals surface area contributed by atoms with Crippen molar-refractivity contribution < 1.29 is 12.8 Å². The average Bonchev–Trinajstić information content (AvgIpc) is 3.04. The molecule has 4 rings (SSSR count). The van der Waals surface area contributed by atoms with Gasteiger partial charge in [0.25, 0.3) is 0 Å². The number of sulfonamides is 1. The number of hydrogen-bond donors (Lipinski definition) is 0. The van der Waals surface area contributed by atoms with E-state index in [9.17, 15) is 12.8 Å². The monoisotopic (exact) mass is 385 g/mol. The maximum Gasteiger partial charge on any atom is 0.211 e. The third-order valence-corrected chi connectivity index (χ3v) is 6.24. The number of aryl methyl sites for hydroxylation is 1. The van der Waals surface area contributed by atoms with Crippen molar-refractivity contribution in [3.05, 3.63) is 65.6 Å². The summed E-state index contributed by atoms with van der Waals surface area (Å²) in [4.78, 5) is 0. The Balaban J connectivity index is 1.72. The zero-order valence-electron chi connectivity index (χ0n) is 15.2. The topological polar surface area (TPSA) is 55.2 Å². The minimum absolute atomic E-state index is 0.277. The summed E-state index contributed by atoms with van der Waals surface area (Å²) < 4.78 is 39.9. The summed E-state index contributed by atoms with van der Waals surface area (Å²) in [7, 11) is -3.16. The third kappa shape index (κ3) is 3.40. The maximum absolute atomic E-state index is 13.2. The predicted octanol–water partition coefficient (Wildman–Crippen LogP) is 3.52. The van der Waals surface area contributed by atoms with Crippen molar-refractivity contribution in [3.8, 4) is 5.69 Å². The van der Waals surface area contributed by atoms with Gasteiger partial charge >= 0.3 is 0 Å². The molecule has 2 heterocycles. The van der Waals surface area contributed by atoms with Crippen LogP contribution in [0, 0.1) is 12.7 Å². The van der Waals surface area contributed by atoms with Crippen molar-refractivity contribution in [2.45, 2.75) is 13.3 Å². The first-order chi connectivity index (χ1) is 12.8. The zero-order valence-corrected chi connectivity index (χ0v) is 16.0. The van der Waals surface area contributed by atoms with E-state index in [1.54, 1.807) is 23.0 Å². The number of nitrogens with zero attached hydrogens (tertiary/aromatic N) is 3. The lowest BCUT2D eigenvalue weighted by Gasteiger charge is -2.25. The van der Waals surface area contributed by atoms with Gasteiger partial charge in [-0.3, -0.25) is 0 Å². The van der Waals surface area contributed by atoms with Crippen LogP contribution in [0.4, 0.5) is 4.39 Å². The molecular weight excluding hydrogens is 365 g/mol. The maximum atomic E-state index is 13.2. The summed E-state index contributed by atoms with van der Waals surface area (Å²) in [5.74, 6) is -0.277. The number of benzene rings is 2. The van der Waals surface area contributed by atoms with Crippen molar-refractivity contribution in [3.63, 3.8) is 0 Å². The Hall–Kier alpha value is -2.51. The third-order valence-electron chi connectivity index (χ3n) is 4.97. The van der Waals surface area contributed by atoms with E-state index < -0.39 is 10.0 Å². The fraction of sp³-hybridized carbons (Fsp3) is 0.250. The minimum Gasteiger partial charge on any atom is -0.233 e. The van der Waals surface area contributed by atoms with E-state index in [1.165, 1.54) is 22.7 Å². The number of rotatable bonds is 3. The molecule has 2 aromatic carbocycles. The first-order valence-electron chi connectivity index (χ1n) is 8.72. The molecule has 0 spiro atoms. The van der Waals surface area contributed by atoms with E-state index >= 15 is 0 Å². The van der Waals surface area contributed by atoms with Crippen molar-refractivity contribution in [2.24, 2.45) is 0 Å². The molecule has 7 heteroatoms. The molecule has 3 aromatic rings. The molecule has 0 N–H and O–H groups in total. The van der Waals surface area contributed by atoms with Crippen LogP contribution in [0.25, 0.3) is 22.2 Å². The van der Waals surface area contributed by atoms with Crippen LogP contribution in [-0.4, -0.2) is 41.8 Å². The molecule has 0 unspecified atom stereocenters. The zero-order chi connectivity index (χ0) is 19.2. The Morgan fingerprint density at radius 2 is 1.89 bits per heavy atom. The number of halogens is 1. The number of hydrogen-bond acceptors (Lipinski definition) is 3. The van der Waals surface area contributed by atoms with Crippen LogP contribution in [0.15, 0.2) is 48.7 Å². The molecule has 1 aliphatic rings. The Bertz CT molecular complexity index is 1150. The van der Waals surface area contributed by atoms with Gasteiger partial charge in [0, 0.05) is 18.5 Å². The van der Waals surface area contributed by atoms with E-state index in [1.807, 2.05) is 13.0 Å². The van der Waals surface area contributed by atoms with E-state index in [0.717, 1.165) is 33.3 Å². The highest BCUT2D eigenvalue weighted by Crippen LogP contribution is 2.30. The van der Waals surface area contributed by atoms with Crippen LogP contribution >= 0.6 is 0 Å². The van der Waals surface area contributed by atoms with Crippen LogP contribution in [0.3, 0.4) is 0 Å². The highest BCUT2D eigenvalue weighted by molar-refractivity contribution is 7.88.